The summed E-state index contributed by atoms with van der Waals surface area (Å²) in [6.07, 6.45) is 2.88. The highest BCUT2D eigenvalue weighted by Gasteiger charge is 2.09. The molecule has 2 rings (SSSR count). The number of oxime groups is 1. The van der Waals surface area contributed by atoms with Gasteiger partial charge in [-0.05, 0) is 39.8 Å². The van der Waals surface area contributed by atoms with Gasteiger partial charge in [0, 0.05) is 18.0 Å². The van der Waals surface area contributed by atoms with Crippen LogP contribution in [0.15, 0.2) is 29.7 Å². The SMILES string of the molecule is CC(C)Oc1ncc(/C(N)=N/O)cc1Cl.CC(C)Oc1ncc(C#N)cc1Cl. The fraction of sp³-hybridized carbons (Fsp3) is 0.333. The van der Waals surface area contributed by atoms with Crippen LogP contribution in [0.3, 0.4) is 0 Å². The van der Waals surface area contributed by atoms with Crippen LogP contribution >= 0.6 is 23.2 Å². The molecule has 2 aromatic heterocycles. The predicted octanol–water partition coefficient (Wildman–Crippen LogP) is 4.01. The molecular formula is C18H21Cl2N5O3. The highest BCUT2D eigenvalue weighted by Crippen LogP contribution is 2.23. The van der Waals surface area contributed by atoms with Gasteiger partial charge in [-0.3, -0.25) is 0 Å². The van der Waals surface area contributed by atoms with E-state index in [-0.39, 0.29) is 18.0 Å². The molecule has 0 saturated carbocycles. The second-order valence-electron chi connectivity index (χ2n) is 5.95. The molecule has 8 nitrogen and oxygen atoms in total. The smallest absolute Gasteiger partial charge is 0.232 e. The third-order valence-corrected chi connectivity index (χ3v) is 3.38. The van der Waals surface area contributed by atoms with Crippen LogP contribution in [0.25, 0.3) is 0 Å². The Bertz CT molecular complexity index is 867. The maximum Gasteiger partial charge on any atom is 0.232 e. The quantitative estimate of drug-likeness (QED) is 0.320. The third-order valence-electron chi connectivity index (χ3n) is 2.84. The molecule has 10 heteroatoms. The second-order valence-corrected chi connectivity index (χ2v) is 6.77. The van der Waals surface area contributed by atoms with Gasteiger partial charge >= 0.3 is 0 Å². The zero-order valence-electron chi connectivity index (χ0n) is 15.8. The van der Waals surface area contributed by atoms with E-state index >= 15 is 0 Å². The van der Waals surface area contributed by atoms with Gasteiger partial charge in [0.15, 0.2) is 5.84 Å². The molecule has 3 N–H and O–H groups in total. The number of ether oxygens (including phenoxy) is 2. The molecule has 2 heterocycles. The molecular weight excluding hydrogens is 405 g/mol. The van der Waals surface area contributed by atoms with E-state index in [1.165, 1.54) is 24.5 Å². The molecule has 0 bridgehead atoms. The van der Waals surface area contributed by atoms with Gasteiger partial charge in [0.2, 0.25) is 11.8 Å². The van der Waals surface area contributed by atoms with E-state index in [4.69, 9.17) is 48.9 Å². The lowest BCUT2D eigenvalue weighted by Crippen LogP contribution is -2.14. The van der Waals surface area contributed by atoms with E-state index in [1.807, 2.05) is 33.8 Å². The Morgan fingerprint density at radius 1 is 1.07 bits per heavy atom. The van der Waals surface area contributed by atoms with Crippen molar-refractivity contribution in [3.05, 3.63) is 45.7 Å². The fourth-order valence-corrected chi connectivity index (χ4v) is 2.15. The number of halogens is 2. The predicted molar refractivity (Wildman–Crippen MR) is 107 cm³/mol. The van der Waals surface area contributed by atoms with Crippen molar-refractivity contribution in [3.63, 3.8) is 0 Å². The average Bonchev–Trinajstić information content (AvgIpc) is 2.64. The highest BCUT2D eigenvalue weighted by atomic mass is 35.5. The van der Waals surface area contributed by atoms with Crippen molar-refractivity contribution in [1.82, 2.24) is 9.97 Å². The van der Waals surface area contributed by atoms with Gasteiger partial charge in [-0.2, -0.15) is 5.26 Å². The van der Waals surface area contributed by atoms with Gasteiger partial charge in [0.1, 0.15) is 16.1 Å². The van der Waals surface area contributed by atoms with Crippen LogP contribution in [0.1, 0.15) is 38.8 Å². The summed E-state index contributed by atoms with van der Waals surface area (Å²) in [6, 6.07) is 5.01. The number of aromatic nitrogens is 2. The van der Waals surface area contributed by atoms with Gasteiger partial charge in [-0.15, -0.1) is 0 Å². The Morgan fingerprint density at radius 3 is 1.96 bits per heavy atom. The van der Waals surface area contributed by atoms with E-state index in [0.717, 1.165) is 0 Å². The van der Waals surface area contributed by atoms with Gasteiger partial charge in [0.25, 0.3) is 0 Å². The first-order valence-electron chi connectivity index (χ1n) is 8.20. The van der Waals surface area contributed by atoms with E-state index in [2.05, 4.69) is 15.1 Å². The van der Waals surface area contributed by atoms with E-state index < -0.39 is 0 Å². The van der Waals surface area contributed by atoms with Crippen molar-refractivity contribution < 1.29 is 14.7 Å². The first-order chi connectivity index (χ1) is 13.2. The summed E-state index contributed by atoms with van der Waals surface area (Å²) in [5, 5.41) is 20.5. The van der Waals surface area contributed by atoms with Crippen molar-refractivity contribution >= 4 is 29.0 Å². The van der Waals surface area contributed by atoms with Gasteiger partial charge in [-0.25, -0.2) is 9.97 Å². The number of rotatable bonds is 5. The number of nitrogens with two attached hydrogens (primary N) is 1. The molecule has 0 spiro atoms. The lowest BCUT2D eigenvalue weighted by molar-refractivity contribution is 0.232. The van der Waals surface area contributed by atoms with Gasteiger partial charge in [-0.1, -0.05) is 28.4 Å². The fourth-order valence-electron chi connectivity index (χ4n) is 1.73. The number of nitriles is 1. The van der Waals surface area contributed by atoms with Crippen molar-refractivity contribution in [2.24, 2.45) is 10.9 Å². The average molecular weight is 426 g/mol. The minimum Gasteiger partial charge on any atom is -0.474 e. The first kappa shape index (κ1) is 23.3. The van der Waals surface area contributed by atoms with Crippen LogP contribution in [-0.4, -0.2) is 33.2 Å². The summed E-state index contributed by atoms with van der Waals surface area (Å²) in [5.74, 6) is 0.664. The Labute approximate surface area is 173 Å². The summed E-state index contributed by atoms with van der Waals surface area (Å²) in [4.78, 5) is 7.87. The van der Waals surface area contributed by atoms with Crippen LogP contribution in [0.5, 0.6) is 11.8 Å². The molecule has 0 saturated heterocycles. The zero-order valence-corrected chi connectivity index (χ0v) is 17.4. The highest BCUT2D eigenvalue weighted by molar-refractivity contribution is 6.32. The normalized spacial score (nSPS) is 10.9. The second kappa shape index (κ2) is 11.2. The molecule has 2 aromatic rings. The topological polar surface area (TPSA) is 127 Å². The zero-order chi connectivity index (χ0) is 21.3. The Kier molecular flexibility index (Phi) is 9.28. The lowest BCUT2D eigenvalue weighted by Gasteiger charge is -2.10. The lowest BCUT2D eigenvalue weighted by atomic mass is 10.2. The molecule has 0 aromatic carbocycles. The molecule has 150 valence electrons. The number of pyridine rings is 2. The van der Waals surface area contributed by atoms with Crippen LogP contribution in [-0.2, 0) is 0 Å². The summed E-state index contributed by atoms with van der Waals surface area (Å²) in [7, 11) is 0. The van der Waals surface area contributed by atoms with Crippen molar-refractivity contribution in [1.29, 1.82) is 5.26 Å². The Balaban J connectivity index is 0.000000283. The summed E-state index contributed by atoms with van der Waals surface area (Å²) in [5.41, 5.74) is 6.25. The molecule has 0 aliphatic carbocycles. The maximum absolute atomic E-state index is 8.55. The minimum absolute atomic E-state index is 0.00953. The van der Waals surface area contributed by atoms with Gasteiger partial charge in [0.05, 0.1) is 17.8 Å². The van der Waals surface area contributed by atoms with Crippen molar-refractivity contribution in [2.45, 2.75) is 39.9 Å². The van der Waals surface area contributed by atoms with Crippen LogP contribution in [0.2, 0.25) is 10.0 Å². The summed E-state index contributed by atoms with van der Waals surface area (Å²) >= 11 is 11.7. The molecule has 0 aliphatic rings. The third kappa shape index (κ3) is 7.47. The summed E-state index contributed by atoms with van der Waals surface area (Å²) < 4.78 is 10.6. The Hall–Kier alpha value is -2.76. The molecule has 0 radical (unpaired) electrons. The number of amidine groups is 1. The molecule has 0 fully saturated rings. The maximum atomic E-state index is 8.55. The summed E-state index contributed by atoms with van der Waals surface area (Å²) in [6.45, 7) is 7.51. The monoisotopic (exact) mass is 425 g/mol. The first-order valence-corrected chi connectivity index (χ1v) is 8.95. The number of nitrogens with zero attached hydrogens (tertiary/aromatic N) is 4. The molecule has 0 atom stereocenters. The molecule has 28 heavy (non-hydrogen) atoms. The van der Waals surface area contributed by atoms with E-state index in [0.29, 0.717) is 32.9 Å². The van der Waals surface area contributed by atoms with Crippen molar-refractivity contribution in [2.75, 3.05) is 0 Å². The molecule has 0 aliphatic heterocycles. The molecule has 0 unspecified atom stereocenters. The number of hydrogen-bond donors (Lipinski definition) is 2. The minimum atomic E-state index is -0.0412. The standard InChI is InChI=1S/C9H12ClN3O2.C9H9ClN2O/c1-5(2)15-9-7(10)3-6(4-12-9)8(11)13-14;1-6(2)13-9-8(10)3-7(4-11)5-12-9/h3-5,14H,1-2H3,(H2,11,13);3,5-6H,1-2H3. The van der Waals surface area contributed by atoms with Crippen LogP contribution in [0, 0.1) is 11.3 Å². The number of hydrogen-bond acceptors (Lipinski definition) is 7. The largest absolute Gasteiger partial charge is 0.474 e. The van der Waals surface area contributed by atoms with Crippen LogP contribution < -0.4 is 15.2 Å². The van der Waals surface area contributed by atoms with Gasteiger partial charge < -0.3 is 20.4 Å². The van der Waals surface area contributed by atoms with E-state index in [1.54, 1.807) is 0 Å². The van der Waals surface area contributed by atoms with E-state index in [9.17, 15) is 0 Å². The van der Waals surface area contributed by atoms with Crippen LogP contribution in [0.4, 0.5) is 0 Å². The van der Waals surface area contributed by atoms with Crippen molar-refractivity contribution in [3.8, 4) is 17.8 Å². The molecule has 0 amide bonds. The Morgan fingerprint density at radius 2 is 1.57 bits per heavy atom.